The van der Waals surface area contributed by atoms with Crippen molar-refractivity contribution in [1.29, 1.82) is 0 Å². The first kappa shape index (κ1) is 5.59. The van der Waals surface area contributed by atoms with E-state index in [9.17, 15) is 0 Å². The zero-order valence-corrected chi connectivity index (χ0v) is 6.49. The van der Waals surface area contributed by atoms with Crippen LogP contribution in [0.4, 0.5) is 0 Å². The summed E-state index contributed by atoms with van der Waals surface area (Å²) >= 11 is 4.69. The van der Waals surface area contributed by atoms with Crippen LogP contribution in [-0.2, 0) is 0 Å². The van der Waals surface area contributed by atoms with Gasteiger partial charge in [0.05, 0.1) is 0 Å². The average molecular weight is 277 g/mol. The Labute approximate surface area is 54.3 Å². The molecule has 0 aliphatic carbocycles. The summed E-state index contributed by atoms with van der Waals surface area (Å²) in [6.07, 6.45) is 0. The van der Waals surface area contributed by atoms with Crippen molar-refractivity contribution in [3.05, 3.63) is 0 Å². The molecular weight excluding hydrogens is 275 g/mol. The third-order valence-corrected chi connectivity index (χ3v) is 3.21. The molecule has 0 N–H and O–H groups in total. The number of halogens is 2. The van der Waals surface area contributed by atoms with Gasteiger partial charge in [0.1, 0.15) is 0 Å². The first-order valence-electron chi connectivity index (χ1n) is 1.03. The maximum atomic E-state index is 2.34. The van der Waals surface area contributed by atoms with E-state index in [1.54, 1.807) is 0 Å². The lowest BCUT2D eigenvalue weighted by Gasteiger charge is -1.55. The van der Waals surface area contributed by atoms with Crippen molar-refractivity contribution in [2.75, 3.05) is 0 Å². The molecule has 0 saturated carbocycles. The Kier molecular flexibility index (Phi) is 6.41. The first-order chi connectivity index (χ1) is 1.91. The van der Waals surface area contributed by atoms with E-state index in [0.717, 1.165) is 0 Å². The highest BCUT2D eigenvalue weighted by Crippen LogP contribution is 1.76. The van der Waals surface area contributed by atoms with Crippen LogP contribution in [0.5, 0.6) is 0 Å². The zero-order valence-electron chi connectivity index (χ0n) is 2.17. The van der Waals surface area contributed by atoms with Gasteiger partial charge in [-0.25, -0.2) is 0 Å². The largest absolute Gasteiger partial charge is 0.178 e. The van der Waals surface area contributed by atoms with E-state index < -0.39 is 0 Å². The van der Waals surface area contributed by atoms with Crippen LogP contribution < -0.4 is 0 Å². The minimum Gasteiger partial charge on any atom is -0.165 e. The SMILES string of the molecule is IBBI. The van der Waals surface area contributed by atoms with Crippen LogP contribution in [0.25, 0.3) is 0 Å². The van der Waals surface area contributed by atoms with E-state index in [0.29, 0.717) is 0 Å². The molecule has 0 nitrogen and oxygen atoms in total. The van der Waals surface area contributed by atoms with Gasteiger partial charge in [-0.2, -0.15) is 44.7 Å². The summed E-state index contributed by atoms with van der Waals surface area (Å²) in [4.78, 5) is 0. The molecule has 0 unspecified atom stereocenters. The van der Waals surface area contributed by atoms with Crippen LogP contribution in [0.2, 0.25) is 0 Å². The molecule has 0 aliphatic heterocycles. The Balaban J connectivity index is 1.97. The topological polar surface area (TPSA) is 0 Å². The summed E-state index contributed by atoms with van der Waals surface area (Å²) < 4.78 is 0. The van der Waals surface area contributed by atoms with Crippen molar-refractivity contribution in [2.45, 2.75) is 0 Å². The maximum Gasteiger partial charge on any atom is 0.178 e. The molecule has 0 aromatic carbocycles. The predicted octanol–water partition coefficient (Wildman–Crippen LogP) is 0.474. The highest BCUT2D eigenvalue weighted by molar-refractivity contribution is 14.2. The summed E-state index contributed by atoms with van der Waals surface area (Å²) in [6.45, 7) is 0. The van der Waals surface area contributed by atoms with Gasteiger partial charge >= 0.3 is 0 Å². The van der Waals surface area contributed by atoms with Gasteiger partial charge in [-0.05, 0) is 0 Å². The molecule has 0 bridgehead atoms. The van der Waals surface area contributed by atoms with E-state index in [4.69, 9.17) is 0 Å². The molecule has 4 heteroatoms. The Hall–Kier alpha value is 1.59. The van der Waals surface area contributed by atoms with E-state index in [1.807, 2.05) is 0 Å². The molecular formula is H2B2I2. The van der Waals surface area contributed by atoms with Crippen molar-refractivity contribution in [3.8, 4) is 0 Å². The van der Waals surface area contributed by atoms with Gasteiger partial charge < -0.3 is 0 Å². The fourth-order valence-corrected chi connectivity index (χ4v) is 0. The molecule has 0 rings (SSSR count). The molecule has 0 radical (unpaired) electrons. The summed E-state index contributed by atoms with van der Waals surface area (Å²) in [6, 6.07) is 0. The van der Waals surface area contributed by atoms with E-state index in [2.05, 4.69) is 44.7 Å². The van der Waals surface area contributed by atoms with Gasteiger partial charge in [0.15, 0.2) is 10.1 Å². The molecule has 0 aromatic rings. The van der Waals surface area contributed by atoms with Crippen molar-refractivity contribution in [3.63, 3.8) is 0 Å². The van der Waals surface area contributed by atoms with Gasteiger partial charge in [-0.1, -0.05) is 0 Å². The van der Waals surface area contributed by atoms with Crippen LogP contribution in [0, 0.1) is 0 Å². The lowest BCUT2D eigenvalue weighted by atomic mass is 9.80. The van der Waals surface area contributed by atoms with Crippen molar-refractivity contribution in [2.24, 2.45) is 0 Å². The summed E-state index contributed by atoms with van der Waals surface area (Å²) in [5.74, 6) is 0. The van der Waals surface area contributed by atoms with Crippen LogP contribution in [-0.4, -0.2) is 10.1 Å². The Morgan fingerprint density at radius 1 is 1.00 bits per heavy atom. The highest BCUT2D eigenvalue weighted by atomic mass is 127. The number of hydrogen-bond donors (Lipinski definition) is 0. The fraction of sp³-hybridized carbons (Fsp3) is 0. The minimum absolute atomic E-state index is 1.28. The Morgan fingerprint density at radius 2 is 1.25 bits per heavy atom. The van der Waals surface area contributed by atoms with E-state index in [-0.39, 0.29) is 0 Å². The molecule has 4 heavy (non-hydrogen) atoms. The van der Waals surface area contributed by atoms with Gasteiger partial charge in [0.25, 0.3) is 0 Å². The van der Waals surface area contributed by atoms with Gasteiger partial charge in [0, 0.05) is 0 Å². The van der Waals surface area contributed by atoms with Crippen molar-refractivity contribution >= 4 is 54.8 Å². The van der Waals surface area contributed by atoms with Crippen molar-refractivity contribution in [1.82, 2.24) is 0 Å². The average Bonchev–Trinajstić information content (AvgIpc) is 1.37. The van der Waals surface area contributed by atoms with Crippen molar-refractivity contribution < 1.29 is 0 Å². The van der Waals surface area contributed by atoms with Gasteiger partial charge in [-0.3, -0.25) is 0 Å². The number of hydrogen-bond acceptors (Lipinski definition) is 0. The molecule has 0 fully saturated rings. The van der Waals surface area contributed by atoms with Gasteiger partial charge in [-0.15, -0.1) is 0 Å². The fourth-order valence-electron chi connectivity index (χ4n) is 0. The van der Waals surface area contributed by atoms with Crippen LogP contribution in [0.3, 0.4) is 0 Å². The second-order valence-corrected chi connectivity index (χ2v) is 2.54. The second kappa shape index (κ2) is 4.59. The highest BCUT2D eigenvalue weighted by Gasteiger charge is 1.71. The van der Waals surface area contributed by atoms with E-state index in [1.165, 1.54) is 10.1 Å². The smallest absolute Gasteiger partial charge is 0.165 e. The standard InChI is InChI=1S/B2H2I2/c3-1-2-4/h1-2H. The van der Waals surface area contributed by atoms with Crippen LogP contribution in [0.1, 0.15) is 0 Å². The Bertz CT molecular complexity index is 6.00. The van der Waals surface area contributed by atoms with E-state index >= 15 is 0 Å². The molecule has 0 spiro atoms. The monoisotopic (exact) mass is 278 g/mol. The predicted molar refractivity (Wildman–Crippen MR) is 42.3 cm³/mol. The Morgan fingerprint density at radius 3 is 1.25 bits per heavy atom. The molecule has 0 aromatic heterocycles. The second-order valence-electron chi connectivity index (χ2n) is 0.378. The quantitative estimate of drug-likeness (QED) is 0.483. The summed E-state index contributed by atoms with van der Waals surface area (Å²) in [7, 11) is 0. The molecule has 0 aliphatic rings. The molecule has 0 amide bonds. The molecule has 0 saturated heterocycles. The summed E-state index contributed by atoms with van der Waals surface area (Å²) in [5.41, 5.74) is 0. The van der Waals surface area contributed by atoms with Crippen LogP contribution >= 0.6 is 44.7 Å². The summed E-state index contributed by atoms with van der Waals surface area (Å²) in [5, 5.41) is 2.55. The molecule has 0 atom stereocenters. The van der Waals surface area contributed by atoms with Gasteiger partial charge in [0.2, 0.25) is 0 Å². The molecule has 22 valence electrons. The maximum absolute atomic E-state index is 2.34. The minimum atomic E-state index is 1.28. The third-order valence-electron chi connectivity index (χ3n) is 0.0714. The molecule has 0 heterocycles. The zero-order chi connectivity index (χ0) is 3.41. The first-order valence-corrected chi connectivity index (χ1v) is 4.09. The van der Waals surface area contributed by atoms with Crippen LogP contribution in [0.15, 0.2) is 0 Å². The normalized spacial score (nSPS) is 5.50. The third kappa shape index (κ3) is 3.59. The lowest BCUT2D eigenvalue weighted by Crippen LogP contribution is -1.76. The lowest BCUT2D eigenvalue weighted by molar-refractivity contribution is 4.65. The number of rotatable bonds is 1.